The summed E-state index contributed by atoms with van der Waals surface area (Å²) in [5.74, 6) is 2.75. The summed E-state index contributed by atoms with van der Waals surface area (Å²) in [7, 11) is 0. The molecule has 0 spiro atoms. The number of ether oxygens (including phenoxy) is 2. The molecule has 0 N–H and O–H groups in total. The van der Waals surface area contributed by atoms with Crippen molar-refractivity contribution in [2.45, 2.75) is 60.8 Å². The van der Waals surface area contributed by atoms with Gasteiger partial charge in [-0.1, -0.05) is 71.0 Å². The summed E-state index contributed by atoms with van der Waals surface area (Å²) < 4.78 is 11.1. The number of rotatable bonds is 7. The van der Waals surface area contributed by atoms with Gasteiger partial charge in [-0.15, -0.1) is 0 Å². The highest BCUT2D eigenvalue weighted by Gasteiger charge is 1.97. The summed E-state index contributed by atoms with van der Waals surface area (Å²) in [4.78, 5) is 0. The Morgan fingerprint density at radius 2 is 0.767 bits per heavy atom. The molecule has 0 fully saturated rings. The zero-order valence-electron chi connectivity index (χ0n) is 19.6. The second kappa shape index (κ2) is 15.1. The van der Waals surface area contributed by atoms with Crippen molar-refractivity contribution in [3.8, 4) is 17.2 Å². The van der Waals surface area contributed by atoms with Crippen LogP contribution in [0.4, 0.5) is 0 Å². The molecule has 0 saturated heterocycles. The Bertz CT molecular complexity index is 742. The van der Waals surface area contributed by atoms with E-state index in [1.165, 1.54) is 16.7 Å². The lowest BCUT2D eigenvalue weighted by atomic mass is 10.1. The van der Waals surface area contributed by atoms with Crippen LogP contribution in [-0.4, -0.2) is 6.61 Å². The summed E-state index contributed by atoms with van der Waals surface area (Å²) >= 11 is 0. The summed E-state index contributed by atoms with van der Waals surface area (Å²) in [6, 6.07) is 24.7. The summed E-state index contributed by atoms with van der Waals surface area (Å²) in [6.45, 7) is 13.2. The fourth-order valence-corrected chi connectivity index (χ4v) is 2.71. The monoisotopic (exact) mass is 406 g/mol. The Morgan fingerprint density at radius 3 is 1.03 bits per heavy atom. The quantitative estimate of drug-likeness (QED) is 0.393. The molecule has 0 heterocycles. The number of hydrogen-bond donors (Lipinski definition) is 0. The molecule has 0 aliphatic rings. The third-order valence-electron chi connectivity index (χ3n) is 4.54. The van der Waals surface area contributed by atoms with Crippen LogP contribution in [0.1, 0.15) is 58.2 Å². The molecule has 3 rings (SSSR count). The van der Waals surface area contributed by atoms with Crippen LogP contribution in [0.25, 0.3) is 0 Å². The van der Waals surface area contributed by atoms with Gasteiger partial charge in [0.1, 0.15) is 17.2 Å². The smallest absolute Gasteiger partial charge is 0.127 e. The fraction of sp³-hybridized carbons (Fsp3) is 0.357. The van der Waals surface area contributed by atoms with Crippen LogP contribution >= 0.6 is 0 Å². The van der Waals surface area contributed by atoms with E-state index in [-0.39, 0.29) is 0 Å². The van der Waals surface area contributed by atoms with Crippen molar-refractivity contribution in [3.05, 3.63) is 89.5 Å². The normalized spacial score (nSPS) is 9.53. The first-order chi connectivity index (χ1) is 14.7. The Hall–Kier alpha value is -2.74. The van der Waals surface area contributed by atoms with E-state index in [4.69, 9.17) is 9.47 Å². The Kier molecular flexibility index (Phi) is 12.8. The summed E-state index contributed by atoms with van der Waals surface area (Å²) in [5.41, 5.74) is 4.02. The molecule has 0 aliphatic heterocycles. The molecule has 0 unspecified atom stereocenters. The topological polar surface area (TPSA) is 18.5 Å². The molecule has 0 saturated carbocycles. The van der Waals surface area contributed by atoms with E-state index < -0.39 is 0 Å². The molecule has 0 bridgehead atoms. The van der Waals surface area contributed by atoms with E-state index in [0.29, 0.717) is 0 Å². The summed E-state index contributed by atoms with van der Waals surface area (Å²) in [5, 5.41) is 0. The second-order valence-corrected chi connectivity index (χ2v) is 6.53. The first-order valence-electron chi connectivity index (χ1n) is 11.3. The minimum absolute atomic E-state index is 0.742. The van der Waals surface area contributed by atoms with Crippen LogP contribution in [0, 0.1) is 0 Å². The highest BCUT2D eigenvalue weighted by Crippen LogP contribution is 2.22. The minimum Gasteiger partial charge on any atom is -0.494 e. The molecule has 0 aliphatic carbocycles. The zero-order valence-corrected chi connectivity index (χ0v) is 19.6. The molecule has 3 aromatic rings. The van der Waals surface area contributed by atoms with Gasteiger partial charge in [0, 0.05) is 0 Å². The molecular formula is C28H38O2. The maximum atomic E-state index is 5.78. The lowest BCUT2D eigenvalue weighted by Gasteiger charge is -2.06. The van der Waals surface area contributed by atoms with E-state index in [9.17, 15) is 0 Å². The number of benzene rings is 3. The lowest BCUT2D eigenvalue weighted by Crippen LogP contribution is -1.90. The average molecular weight is 407 g/mol. The maximum absolute atomic E-state index is 5.78. The molecule has 3 aromatic carbocycles. The van der Waals surface area contributed by atoms with Gasteiger partial charge in [-0.3, -0.25) is 0 Å². The van der Waals surface area contributed by atoms with Crippen molar-refractivity contribution in [2.75, 3.05) is 6.61 Å². The Morgan fingerprint density at radius 1 is 0.467 bits per heavy atom. The first kappa shape index (κ1) is 25.3. The Labute approximate surface area is 183 Å². The van der Waals surface area contributed by atoms with Crippen molar-refractivity contribution >= 4 is 0 Å². The van der Waals surface area contributed by atoms with Gasteiger partial charge >= 0.3 is 0 Å². The van der Waals surface area contributed by atoms with Crippen LogP contribution in [0.2, 0.25) is 0 Å². The van der Waals surface area contributed by atoms with Crippen LogP contribution in [0.5, 0.6) is 17.2 Å². The molecule has 0 amide bonds. The van der Waals surface area contributed by atoms with E-state index in [1.807, 2.05) is 57.2 Å². The van der Waals surface area contributed by atoms with E-state index in [2.05, 4.69) is 57.2 Å². The third kappa shape index (κ3) is 9.17. The molecule has 0 aromatic heterocycles. The molecule has 0 atom stereocenters. The average Bonchev–Trinajstić information content (AvgIpc) is 2.82. The minimum atomic E-state index is 0.742. The van der Waals surface area contributed by atoms with Crippen molar-refractivity contribution in [3.63, 3.8) is 0 Å². The molecular weight excluding hydrogens is 368 g/mol. The van der Waals surface area contributed by atoms with E-state index >= 15 is 0 Å². The van der Waals surface area contributed by atoms with Crippen LogP contribution < -0.4 is 9.47 Å². The van der Waals surface area contributed by atoms with Crippen molar-refractivity contribution in [1.82, 2.24) is 0 Å². The van der Waals surface area contributed by atoms with Crippen molar-refractivity contribution in [1.29, 1.82) is 0 Å². The van der Waals surface area contributed by atoms with Crippen molar-refractivity contribution < 1.29 is 9.47 Å². The summed E-state index contributed by atoms with van der Waals surface area (Å²) in [6.07, 6.45) is 3.21. The van der Waals surface area contributed by atoms with Gasteiger partial charge in [0.2, 0.25) is 0 Å². The number of hydrogen-bond acceptors (Lipinski definition) is 2. The van der Waals surface area contributed by atoms with E-state index in [1.54, 1.807) is 0 Å². The number of aryl methyl sites for hydroxylation is 3. The second-order valence-electron chi connectivity index (χ2n) is 6.53. The van der Waals surface area contributed by atoms with E-state index in [0.717, 1.165) is 43.1 Å². The van der Waals surface area contributed by atoms with Gasteiger partial charge < -0.3 is 9.47 Å². The first-order valence-corrected chi connectivity index (χ1v) is 11.3. The van der Waals surface area contributed by atoms with Crippen LogP contribution in [0.15, 0.2) is 72.8 Å². The van der Waals surface area contributed by atoms with Gasteiger partial charge in [-0.25, -0.2) is 0 Å². The standard InChI is InChI=1S/C16H18O.C10H14O.C2H6/c1-3-13-5-9-15(10-6-13)17-16-11-7-14(4-2)8-12-16;1-3-9-5-7-10(8-6-9)11-4-2;1-2/h5-12H,3-4H2,1-2H3;5-8H,3-4H2,1-2H3;1-2H3. The maximum Gasteiger partial charge on any atom is 0.127 e. The lowest BCUT2D eigenvalue weighted by molar-refractivity contribution is 0.340. The van der Waals surface area contributed by atoms with Crippen LogP contribution in [0.3, 0.4) is 0 Å². The Balaban J connectivity index is 0.000000300. The van der Waals surface area contributed by atoms with Crippen LogP contribution in [-0.2, 0) is 19.3 Å². The van der Waals surface area contributed by atoms with Crippen molar-refractivity contribution in [2.24, 2.45) is 0 Å². The molecule has 30 heavy (non-hydrogen) atoms. The molecule has 162 valence electrons. The molecule has 0 radical (unpaired) electrons. The zero-order chi connectivity index (χ0) is 22.2. The predicted octanol–water partition coefficient (Wildman–Crippen LogP) is 8.28. The van der Waals surface area contributed by atoms with Gasteiger partial charge in [-0.05, 0) is 79.3 Å². The largest absolute Gasteiger partial charge is 0.494 e. The highest BCUT2D eigenvalue weighted by atomic mass is 16.5. The molecule has 2 nitrogen and oxygen atoms in total. The van der Waals surface area contributed by atoms with Gasteiger partial charge in [0.25, 0.3) is 0 Å². The molecule has 2 heteroatoms. The fourth-order valence-electron chi connectivity index (χ4n) is 2.71. The predicted molar refractivity (Wildman–Crippen MR) is 130 cm³/mol. The van der Waals surface area contributed by atoms with Gasteiger partial charge in [0.15, 0.2) is 0 Å². The SMILES string of the molecule is CC.CCOc1ccc(CC)cc1.CCc1ccc(Oc2ccc(CC)cc2)cc1. The van der Waals surface area contributed by atoms with Gasteiger partial charge in [-0.2, -0.15) is 0 Å². The van der Waals surface area contributed by atoms with Gasteiger partial charge in [0.05, 0.1) is 6.61 Å². The highest BCUT2D eigenvalue weighted by molar-refractivity contribution is 5.34. The third-order valence-corrected chi connectivity index (χ3v) is 4.54.